The number of aliphatic carboxylic acids is 1. The van der Waals surface area contributed by atoms with Crippen LogP contribution in [0, 0.1) is 6.92 Å². The Bertz CT molecular complexity index is 1370. The number of carbonyl (C=O) groups excluding carboxylic acids is 1. The van der Waals surface area contributed by atoms with Crippen LogP contribution in [0.2, 0.25) is 0 Å². The van der Waals surface area contributed by atoms with Crippen LogP contribution in [-0.4, -0.2) is 87.5 Å². The van der Waals surface area contributed by atoms with E-state index >= 15 is 0 Å². The van der Waals surface area contributed by atoms with Gasteiger partial charge in [0.2, 0.25) is 0 Å². The van der Waals surface area contributed by atoms with E-state index in [2.05, 4.69) is 25.2 Å². The molecule has 1 saturated heterocycles. The smallest absolute Gasteiger partial charge is 0.416 e. The number of nitrogens with zero attached hydrogens (tertiary/aromatic N) is 6. The van der Waals surface area contributed by atoms with Gasteiger partial charge in [-0.15, -0.1) is 0 Å². The van der Waals surface area contributed by atoms with E-state index in [1.165, 1.54) is 23.7 Å². The standard InChI is InChI=1S/C27H32F3N7O3S/c1-4-35(5-2)15-21-24(18-10-17(3)11-19(12-18)27(28,29)30)33-26(41-21)34-25(40)20-13-32-22(14-31-20)37-8-6-36(7-9-37)16-23(38)39/h10-14H,4-9,15-16H2,1-3H3,(H,38,39)(H,33,34,40). The maximum absolute atomic E-state index is 13.5. The molecule has 0 bridgehead atoms. The van der Waals surface area contributed by atoms with Crippen LogP contribution in [0.25, 0.3) is 11.3 Å². The maximum atomic E-state index is 13.5. The quantitative estimate of drug-likeness (QED) is 0.358. The lowest BCUT2D eigenvalue weighted by atomic mass is 10.0. The number of aryl methyl sites for hydroxylation is 1. The number of carboxylic acid groups (broad SMARTS) is 1. The van der Waals surface area contributed by atoms with Gasteiger partial charge in [0.1, 0.15) is 11.5 Å². The van der Waals surface area contributed by atoms with Gasteiger partial charge in [-0.25, -0.2) is 15.0 Å². The molecule has 0 radical (unpaired) electrons. The number of anilines is 2. The molecule has 3 aromatic rings. The van der Waals surface area contributed by atoms with E-state index in [-0.39, 0.29) is 17.4 Å². The van der Waals surface area contributed by atoms with Crippen molar-refractivity contribution in [3.05, 3.63) is 52.3 Å². The highest BCUT2D eigenvalue weighted by atomic mass is 32.1. The van der Waals surface area contributed by atoms with Gasteiger partial charge in [-0.3, -0.25) is 24.7 Å². The van der Waals surface area contributed by atoms with Crippen molar-refractivity contribution in [1.29, 1.82) is 0 Å². The summed E-state index contributed by atoms with van der Waals surface area (Å²) in [5, 5.41) is 11.9. The molecule has 4 rings (SSSR count). The lowest BCUT2D eigenvalue weighted by molar-refractivity contribution is -0.139. The molecule has 1 aliphatic heterocycles. The molecule has 0 aliphatic carbocycles. The number of benzene rings is 1. The molecule has 10 nitrogen and oxygen atoms in total. The molecule has 41 heavy (non-hydrogen) atoms. The molecular weight excluding hydrogens is 559 g/mol. The summed E-state index contributed by atoms with van der Waals surface area (Å²) in [5.41, 5.74) is 0.508. The van der Waals surface area contributed by atoms with Crippen molar-refractivity contribution in [3.8, 4) is 11.3 Å². The first-order valence-corrected chi connectivity index (χ1v) is 14.0. The fourth-order valence-corrected chi connectivity index (χ4v) is 5.58. The van der Waals surface area contributed by atoms with Crippen molar-refractivity contribution < 1.29 is 27.9 Å². The van der Waals surface area contributed by atoms with Gasteiger partial charge in [0, 0.05) is 43.2 Å². The van der Waals surface area contributed by atoms with Gasteiger partial charge in [-0.2, -0.15) is 13.2 Å². The zero-order valence-electron chi connectivity index (χ0n) is 23.0. The Kier molecular flexibility index (Phi) is 9.56. The van der Waals surface area contributed by atoms with Crippen LogP contribution in [0.15, 0.2) is 30.6 Å². The average Bonchev–Trinajstić information content (AvgIpc) is 3.33. The van der Waals surface area contributed by atoms with Crippen LogP contribution < -0.4 is 10.2 Å². The zero-order valence-corrected chi connectivity index (χ0v) is 23.8. The number of thiazole rings is 1. The fourth-order valence-electron chi connectivity index (χ4n) is 4.56. The Morgan fingerprint density at radius 3 is 2.37 bits per heavy atom. The highest BCUT2D eigenvalue weighted by molar-refractivity contribution is 7.16. The molecule has 2 aromatic heterocycles. The van der Waals surface area contributed by atoms with Crippen LogP contribution in [0.1, 0.15) is 40.3 Å². The summed E-state index contributed by atoms with van der Waals surface area (Å²) in [6.07, 6.45) is -1.65. The molecule has 0 atom stereocenters. The predicted octanol–water partition coefficient (Wildman–Crippen LogP) is 4.23. The number of alkyl halides is 3. The summed E-state index contributed by atoms with van der Waals surface area (Å²) in [6, 6.07) is 3.85. The number of piperazine rings is 1. The molecule has 1 amide bonds. The van der Waals surface area contributed by atoms with Crippen LogP contribution >= 0.6 is 11.3 Å². The first-order chi connectivity index (χ1) is 19.5. The van der Waals surface area contributed by atoms with Gasteiger partial charge in [0.25, 0.3) is 5.91 Å². The molecule has 1 aliphatic rings. The van der Waals surface area contributed by atoms with Gasteiger partial charge in [-0.05, 0) is 43.8 Å². The lowest BCUT2D eigenvalue weighted by Gasteiger charge is -2.34. The van der Waals surface area contributed by atoms with Crippen molar-refractivity contribution in [2.45, 2.75) is 33.5 Å². The van der Waals surface area contributed by atoms with E-state index in [1.54, 1.807) is 13.0 Å². The third-order valence-corrected chi connectivity index (χ3v) is 7.74. The zero-order chi connectivity index (χ0) is 29.7. The summed E-state index contributed by atoms with van der Waals surface area (Å²) in [6.45, 7) is 9.87. The number of hydrogen-bond acceptors (Lipinski definition) is 9. The molecule has 0 unspecified atom stereocenters. The Morgan fingerprint density at radius 2 is 1.78 bits per heavy atom. The number of hydrogen-bond donors (Lipinski definition) is 2. The number of halogens is 3. The number of aromatic nitrogens is 3. The van der Waals surface area contributed by atoms with Crippen LogP contribution in [0.3, 0.4) is 0 Å². The van der Waals surface area contributed by atoms with Gasteiger partial charge >= 0.3 is 12.1 Å². The molecule has 3 heterocycles. The Labute approximate surface area is 239 Å². The van der Waals surface area contributed by atoms with Crippen molar-refractivity contribution in [2.75, 3.05) is 56.0 Å². The van der Waals surface area contributed by atoms with E-state index in [1.807, 2.05) is 23.6 Å². The number of amides is 1. The summed E-state index contributed by atoms with van der Waals surface area (Å²) in [4.78, 5) is 43.7. The van der Waals surface area contributed by atoms with E-state index in [4.69, 9.17) is 5.11 Å². The third-order valence-electron chi connectivity index (χ3n) is 6.78. The Morgan fingerprint density at radius 1 is 1.07 bits per heavy atom. The number of carbonyl (C=O) groups is 2. The SMILES string of the molecule is CCN(CC)Cc1sc(NC(=O)c2cnc(N3CCN(CC(=O)O)CC3)cn2)nc1-c1cc(C)cc(C(F)(F)F)c1. The van der Waals surface area contributed by atoms with Crippen LogP contribution in [0.5, 0.6) is 0 Å². The largest absolute Gasteiger partial charge is 0.480 e. The van der Waals surface area contributed by atoms with Crippen LogP contribution in [-0.2, 0) is 17.5 Å². The molecule has 220 valence electrons. The summed E-state index contributed by atoms with van der Waals surface area (Å²) in [5.74, 6) is -0.828. The second-order valence-electron chi connectivity index (χ2n) is 9.71. The first kappa shape index (κ1) is 30.3. The molecule has 2 N–H and O–H groups in total. The molecular formula is C27H32F3N7O3S. The summed E-state index contributed by atoms with van der Waals surface area (Å²) in [7, 11) is 0. The highest BCUT2D eigenvalue weighted by Gasteiger charge is 2.31. The predicted molar refractivity (Wildman–Crippen MR) is 150 cm³/mol. The summed E-state index contributed by atoms with van der Waals surface area (Å²) >= 11 is 1.22. The maximum Gasteiger partial charge on any atom is 0.416 e. The van der Waals surface area contributed by atoms with Crippen LogP contribution in [0.4, 0.5) is 24.1 Å². The fraction of sp³-hybridized carbons (Fsp3) is 0.444. The van der Waals surface area contributed by atoms with E-state index in [9.17, 15) is 22.8 Å². The molecule has 0 saturated carbocycles. The minimum atomic E-state index is -4.50. The van der Waals surface area contributed by atoms with Gasteiger partial charge in [-0.1, -0.05) is 25.2 Å². The lowest BCUT2D eigenvalue weighted by Crippen LogP contribution is -2.48. The number of carboxylic acids is 1. The van der Waals surface area contributed by atoms with Crippen molar-refractivity contribution in [1.82, 2.24) is 24.8 Å². The monoisotopic (exact) mass is 591 g/mol. The minimum absolute atomic E-state index is 0.0128. The Hall–Kier alpha value is -3.62. The highest BCUT2D eigenvalue weighted by Crippen LogP contribution is 2.37. The van der Waals surface area contributed by atoms with E-state index < -0.39 is 23.6 Å². The Balaban J connectivity index is 1.52. The van der Waals surface area contributed by atoms with Crippen molar-refractivity contribution in [3.63, 3.8) is 0 Å². The van der Waals surface area contributed by atoms with Gasteiger partial charge in [0.15, 0.2) is 5.13 Å². The number of rotatable bonds is 10. The molecule has 1 fully saturated rings. The third kappa shape index (κ3) is 7.77. The second kappa shape index (κ2) is 12.9. The normalized spacial score (nSPS) is 14.5. The molecule has 14 heteroatoms. The van der Waals surface area contributed by atoms with Gasteiger partial charge in [0.05, 0.1) is 30.2 Å². The molecule has 1 aromatic carbocycles. The van der Waals surface area contributed by atoms with E-state index in [0.717, 1.165) is 30.1 Å². The van der Waals surface area contributed by atoms with Gasteiger partial charge < -0.3 is 10.0 Å². The number of nitrogens with one attached hydrogen (secondary N) is 1. The second-order valence-corrected chi connectivity index (χ2v) is 10.8. The average molecular weight is 592 g/mol. The molecule has 0 spiro atoms. The minimum Gasteiger partial charge on any atom is -0.480 e. The summed E-state index contributed by atoms with van der Waals surface area (Å²) < 4.78 is 40.6. The van der Waals surface area contributed by atoms with E-state index in [0.29, 0.717) is 55.4 Å². The van der Waals surface area contributed by atoms with Crippen molar-refractivity contribution >= 4 is 34.2 Å². The first-order valence-electron chi connectivity index (χ1n) is 13.2. The topological polar surface area (TPSA) is 115 Å². The van der Waals surface area contributed by atoms with Crippen molar-refractivity contribution in [2.24, 2.45) is 0 Å².